The number of piperazine rings is 1. The van der Waals surface area contributed by atoms with Crippen molar-refractivity contribution in [1.82, 2.24) is 4.90 Å². The average molecular weight is 367 g/mol. The lowest BCUT2D eigenvalue weighted by molar-refractivity contribution is -0.116. The van der Waals surface area contributed by atoms with Gasteiger partial charge < -0.3 is 10.2 Å². The van der Waals surface area contributed by atoms with E-state index in [9.17, 15) is 4.79 Å². The molecule has 0 spiro atoms. The van der Waals surface area contributed by atoms with Gasteiger partial charge in [0.15, 0.2) is 5.66 Å². The van der Waals surface area contributed by atoms with Crippen LogP contribution < -0.4 is 10.2 Å². The van der Waals surface area contributed by atoms with Crippen LogP contribution in [0.2, 0.25) is 0 Å². The summed E-state index contributed by atoms with van der Waals surface area (Å²) in [6.07, 6.45) is 7.69. The fraction of sp³-hybridized carbons (Fsp3) is 0.571. The Morgan fingerprint density at radius 2 is 2.00 bits per heavy atom. The molecule has 0 radical (unpaired) electrons. The number of hydrogen-bond acceptors (Lipinski definition) is 5. The Kier molecular flexibility index (Phi) is 6.12. The monoisotopic (exact) mass is 367 g/mol. The van der Waals surface area contributed by atoms with Crippen molar-refractivity contribution in [3.63, 3.8) is 0 Å². The minimum absolute atomic E-state index is 0.00541. The van der Waals surface area contributed by atoms with Crippen LogP contribution >= 0.6 is 0 Å². The van der Waals surface area contributed by atoms with Gasteiger partial charge in [0, 0.05) is 69.3 Å². The highest BCUT2D eigenvalue weighted by Crippen LogP contribution is 2.37. The SMILES string of the molecule is C#CCCC1(CCC(=O)Nc2cccc(N3CCN(C(C)C)CC3)c2)N=N1. The van der Waals surface area contributed by atoms with Crippen molar-refractivity contribution in [3.8, 4) is 12.3 Å². The predicted octanol–water partition coefficient (Wildman–Crippen LogP) is 3.51. The van der Waals surface area contributed by atoms with Gasteiger partial charge in [0.1, 0.15) is 0 Å². The summed E-state index contributed by atoms with van der Waals surface area (Å²) in [6, 6.07) is 8.69. The lowest BCUT2D eigenvalue weighted by atomic mass is 10.0. The maximum absolute atomic E-state index is 12.3. The predicted molar refractivity (Wildman–Crippen MR) is 109 cm³/mol. The molecule has 144 valence electrons. The van der Waals surface area contributed by atoms with Crippen LogP contribution in [-0.4, -0.2) is 48.7 Å². The minimum atomic E-state index is -0.401. The number of nitrogens with one attached hydrogen (secondary N) is 1. The molecule has 0 aromatic heterocycles. The van der Waals surface area contributed by atoms with Crippen LogP contribution in [0.25, 0.3) is 0 Å². The summed E-state index contributed by atoms with van der Waals surface area (Å²) < 4.78 is 0. The largest absolute Gasteiger partial charge is 0.369 e. The van der Waals surface area contributed by atoms with E-state index in [0.29, 0.717) is 25.3 Å². The van der Waals surface area contributed by atoms with Crippen LogP contribution in [0.3, 0.4) is 0 Å². The molecule has 2 aliphatic rings. The van der Waals surface area contributed by atoms with Gasteiger partial charge >= 0.3 is 0 Å². The zero-order valence-corrected chi connectivity index (χ0v) is 16.3. The molecule has 0 saturated carbocycles. The van der Waals surface area contributed by atoms with E-state index in [0.717, 1.165) is 44.0 Å². The Hall–Kier alpha value is -2.39. The molecule has 1 saturated heterocycles. The van der Waals surface area contributed by atoms with E-state index in [4.69, 9.17) is 6.42 Å². The van der Waals surface area contributed by atoms with Gasteiger partial charge in [-0.2, -0.15) is 10.2 Å². The molecule has 0 atom stereocenters. The number of carbonyl (C=O) groups is 1. The van der Waals surface area contributed by atoms with Crippen molar-refractivity contribution in [2.45, 2.75) is 51.2 Å². The summed E-state index contributed by atoms with van der Waals surface area (Å²) in [4.78, 5) is 17.2. The third-order valence-electron chi connectivity index (χ3n) is 5.34. The van der Waals surface area contributed by atoms with Crippen LogP contribution in [0.5, 0.6) is 0 Å². The Bertz CT molecular complexity index is 722. The maximum Gasteiger partial charge on any atom is 0.224 e. The van der Waals surface area contributed by atoms with Crippen molar-refractivity contribution >= 4 is 17.3 Å². The normalized spacial score (nSPS) is 18.4. The molecule has 0 bridgehead atoms. The summed E-state index contributed by atoms with van der Waals surface area (Å²) >= 11 is 0. The van der Waals surface area contributed by atoms with E-state index in [1.165, 1.54) is 0 Å². The molecule has 6 heteroatoms. The number of benzene rings is 1. The van der Waals surface area contributed by atoms with Gasteiger partial charge in [-0.15, -0.1) is 12.3 Å². The Balaban J connectivity index is 1.49. The van der Waals surface area contributed by atoms with Crippen molar-refractivity contribution in [3.05, 3.63) is 24.3 Å². The lowest BCUT2D eigenvalue weighted by Gasteiger charge is -2.38. The smallest absolute Gasteiger partial charge is 0.224 e. The highest BCUT2D eigenvalue weighted by Gasteiger charge is 2.39. The Morgan fingerprint density at radius 1 is 1.26 bits per heavy atom. The molecule has 1 aromatic carbocycles. The molecule has 6 nitrogen and oxygen atoms in total. The highest BCUT2D eigenvalue weighted by atomic mass is 16.1. The van der Waals surface area contributed by atoms with Gasteiger partial charge in [0.2, 0.25) is 5.91 Å². The van der Waals surface area contributed by atoms with Gasteiger partial charge in [-0.1, -0.05) is 6.07 Å². The quantitative estimate of drug-likeness (QED) is 0.715. The number of nitrogens with zero attached hydrogens (tertiary/aromatic N) is 4. The van der Waals surface area contributed by atoms with Crippen LogP contribution in [0.15, 0.2) is 34.5 Å². The first-order chi connectivity index (χ1) is 13.0. The second kappa shape index (κ2) is 8.53. The van der Waals surface area contributed by atoms with E-state index >= 15 is 0 Å². The molecule has 1 aromatic rings. The van der Waals surface area contributed by atoms with Gasteiger partial charge in [0.25, 0.3) is 0 Å². The fourth-order valence-electron chi connectivity index (χ4n) is 3.48. The molecular weight excluding hydrogens is 338 g/mol. The number of terminal acetylenes is 1. The third kappa shape index (κ3) is 5.30. The molecule has 2 aliphatic heterocycles. The van der Waals surface area contributed by atoms with E-state index < -0.39 is 5.66 Å². The number of carbonyl (C=O) groups excluding carboxylic acids is 1. The molecule has 1 amide bonds. The number of anilines is 2. The van der Waals surface area contributed by atoms with Crippen LogP contribution in [0.4, 0.5) is 11.4 Å². The van der Waals surface area contributed by atoms with Crippen molar-refractivity contribution < 1.29 is 4.79 Å². The van der Waals surface area contributed by atoms with Crippen LogP contribution in [0.1, 0.15) is 39.5 Å². The number of amides is 1. The van der Waals surface area contributed by atoms with Crippen LogP contribution in [-0.2, 0) is 4.79 Å². The van der Waals surface area contributed by atoms with Crippen molar-refractivity contribution in [1.29, 1.82) is 0 Å². The van der Waals surface area contributed by atoms with Gasteiger partial charge in [-0.3, -0.25) is 9.69 Å². The van der Waals surface area contributed by atoms with Gasteiger partial charge in [-0.25, -0.2) is 0 Å². The van der Waals surface area contributed by atoms with Crippen molar-refractivity contribution in [2.24, 2.45) is 10.2 Å². The van der Waals surface area contributed by atoms with Crippen molar-refractivity contribution in [2.75, 3.05) is 36.4 Å². The summed E-state index contributed by atoms with van der Waals surface area (Å²) in [6.45, 7) is 8.64. The van der Waals surface area contributed by atoms with E-state index in [1.807, 2.05) is 12.1 Å². The average Bonchev–Trinajstić information content (AvgIpc) is 3.45. The van der Waals surface area contributed by atoms with E-state index in [-0.39, 0.29) is 5.91 Å². The molecule has 2 heterocycles. The molecular formula is C21H29N5O. The third-order valence-corrected chi connectivity index (χ3v) is 5.34. The second-order valence-electron chi connectivity index (χ2n) is 7.60. The van der Waals surface area contributed by atoms with Gasteiger partial charge in [0.05, 0.1) is 0 Å². The molecule has 0 aliphatic carbocycles. The fourth-order valence-corrected chi connectivity index (χ4v) is 3.48. The summed E-state index contributed by atoms with van der Waals surface area (Å²) in [5.41, 5.74) is 1.60. The molecule has 0 unspecified atom stereocenters. The zero-order chi connectivity index (χ0) is 19.3. The van der Waals surface area contributed by atoms with E-state index in [2.05, 4.69) is 57.2 Å². The maximum atomic E-state index is 12.3. The van der Waals surface area contributed by atoms with Crippen LogP contribution in [0, 0.1) is 12.3 Å². The van der Waals surface area contributed by atoms with Gasteiger partial charge in [-0.05, 0) is 32.0 Å². The first kappa shape index (κ1) is 19.4. The summed E-state index contributed by atoms with van der Waals surface area (Å²) in [5, 5.41) is 11.2. The first-order valence-corrected chi connectivity index (χ1v) is 9.78. The molecule has 3 rings (SSSR count). The molecule has 27 heavy (non-hydrogen) atoms. The topological polar surface area (TPSA) is 60.3 Å². The lowest BCUT2D eigenvalue weighted by Crippen LogP contribution is -2.48. The van der Waals surface area contributed by atoms with E-state index in [1.54, 1.807) is 0 Å². The summed E-state index contributed by atoms with van der Waals surface area (Å²) in [7, 11) is 0. The Labute approximate surface area is 162 Å². The molecule has 1 N–H and O–H groups in total. The Morgan fingerprint density at radius 3 is 2.63 bits per heavy atom. The standard InChI is InChI=1S/C21H29N5O/c1-4-5-10-21(23-24-21)11-9-20(27)22-18-7-6-8-19(16-18)26-14-12-25(13-15-26)17(2)3/h1,6-8,16-17H,5,9-15H2,2-3H3,(H,22,27). The second-order valence-corrected chi connectivity index (χ2v) is 7.60. The number of rotatable bonds is 8. The highest BCUT2D eigenvalue weighted by molar-refractivity contribution is 5.91. The zero-order valence-electron chi connectivity index (χ0n) is 16.3. The molecule has 1 fully saturated rings. The summed E-state index contributed by atoms with van der Waals surface area (Å²) in [5.74, 6) is 2.60. The minimum Gasteiger partial charge on any atom is -0.369 e. The number of hydrogen-bond donors (Lipinski definition) is 1. The first-order valence-electron chi connectivity index (χ1n) is 9.78.